The minimum Gasteiger partial charge on any atom is -0.471 e. The molecule has 2 unspecified atom stereocenters. The van der Waals surface area contributed by atoms with Crippen molar-refractivity contribution in [2.45, 2.75) is 37.8 Å². The van der Waals surface area contributed by atoms with Gasteiger partial charge in [-0.3, -0.25) is 4.79 Å². The second kappa shape index (κ2) is 5.18. The van der Waals surface area contributed by atoms with Gasteiger partial charge < -0.3 is 20.8 Å². The van der Waals surface area contributed by atoms with E-state index in [-0.39, 0.29) is 23.2 Å². The quantitative estimate of drug-likeness (QED) is 0.702. The molecule has 1 aliphatic rings. The van der Waals surface area contributed by atoms with Crippen LogP contribution in [0.25, 0.3) is 0 Å². The molecule has 94 valence electrons. The van der Waals surface area contributed by atoms with Crippen LogP contribution >= 0.6 is 0 Å². The van der Waals surface area contributed by atoms with Crippen LogP contribution in [0.4, 0.5) is 5.69 Å². The van der Waals surface area contributed by atoms with E-state index in [2.05, 4.69) is 15.3 Å². The van der Waals surface area contributed by atoms with Crippen LogP contribution in [0.3, 0.4) is 0 Å². The molecule has 0 radical (unpaired) electrons. The summed E-state index contributed by atoms with van der Waals surface area (Å²) in [5, 5.41) is 3.23. The fourth-order valence-electron chi connectivity index (χ4n) is 2.20. The van der Waals surface area contributed by atoms with Crippen LogP contribution in [-0.2, 0) is 0 Å². The first-order valence-electron chi connectivity index (χ1n) is 5.89. The van der Waals surface area contributed by atoms with E-state index in [1.54, 1.807) is 0 Å². The van der Waals surface area contributed by atoms with Crippen molar-refractivity contribution in [2.24, 2.45) is 0 Å². The van der Waals surface area contributed by atoms with Crippen LogP contribution in [-0.4, -0.2) is 29.2 Å². The van der Waals surface area contributed by atoms with Crippen molar-refractivity contribution in [1.29, 1.82) is 0 Å². The number of nitrogens with one attached hydrogen (secondary N) is 2. The smallest absolute Gasteiger partial charge is 0.277 e. The molecule has 2 atom stereocenters. The Morgan fingerprint density at radius 3 is 3.06 bits per heavy atom. The molecule has 17 heavy (non-hydrogen) atoms. The van der Waals surface area contributed by atoms with Crippen LogP contribution in [0.1, 0.15) is 25.7 Å². The van der Waals surface area contributed by atoms with Gasteiger partial charge in [-0.15, -0.1) is 0 Å². The lowest BCUT2D eigenvalue weighted by atomic mass is 9.92. The van der Waals surface area contributed by atoms with E-state index in [1.807, 2.05) is 7.05 Å². The third kappa shape index (κ3) is 2.58. The SMILES string of the molecule is CNC1CCCCC1Oc1nc[nH]c(=O)c1N. The molecule has 0 bridgehead atoms. The second-order valence-electron chi connectivity index (χ2n) is 4.29. The molecule has 1 heterocycles. The van der Waals surface area contributed by atoms with Crippen LogP contribution in [0.2, 0.25) is 0 Å². The second-order valence-corrected chi connectivity index (χ2v) is 4.29. The first kappa shape index (κ1) is 11.9. The van der Waals surface area contributed by atoms with Crippen molar-refractivity contribution >= 4 is 5.69 Å². The summed E-state index contributed by atoms with van der Waals surface area (Å²) in [5.74, 6) is 0.237. The lowest BCUT2D eigenvalue weighted by Gasteiger charge is -2.31. The van der Waals surface area contributed by atoms with Gasteiger partial charge in [0.05, 0.1) is 6.33 Å². The summed E-state index contributed by atoms with van der Waals surface area (Å²) in [6.45, 7) is 0. The van der Waals surface area contributed by atoms with Crippen LogP contribution in [0.15, 0.2) is 11.1 Å². The van der Waals surface area contributed by atoms with Gasteiger partial charge in [0, 0.05) is 6.04 Å². The standard InChI is InChI=1S/C11H18N4O2/c1-13-7-4-2-3-5-8(7)17-11-9(12)10(16)14-6-15-11/h6-8,13H,2-5,12H2,1H3,(H,14,15,16). The minimum absolute atomic E-state index is 0.0327. The Morgan fingerprint density at radius 1 is 1.53 bits per heavy atom. The van der Waals surface area contributed by atoms with Gasteiger partial charge >= 0.3 is 0 Å². The third-order valence-corrected chi connectivity index (χ3v) is 3.19. The van der Waals surface area contributed by atoms with E-state index >= 15 is 0 Å². The highest BCUT2D eigenvalue weighted by atomic mass is 16.5. The Morgan fingerprint density at radius 2 is 2.29 bits per heavy atom. The van der Waals surface area contributed by atoms with Crippen LogP contribution in [0, 0.1) is 0 Å². The normalized spacial score (nSPS) is 24.5. The van der Waals surface area contributed by atoms with Gasteiger partial charge in [0.15, 0.2) is 5.69 Å². The predicted octanol–water partition coefficient (Wildman–Crippen LogP) is 0.262. The fourth-order valence-corrected chi connectivity index (χ4v) is 2.20. The summed E-state index contributed by atoms with van der Waals surface area (Å²) in [6.07, 6.45) is 5.70. The van der Waals surface area contributed by atoms with E-state index in [4.69, 9.17) is 10.5 Å². The van der Waals surface area contributed by atoms with Gasteiger partial charge in [-0.2, -0.15) is 0 Å². The Labute approximate surface area is 99.6 Å². The van der Waals surface area contributed by atoms with Gasteiger partial charge in [-0.05, 0) is 26.3 Å². The van der Waals surface area contributed by atoms with Crippen molar-refractivity contribution in [3.63, 3.8) is 0 Å². The summed E-state index contributed by atoms with van der Waals surface area (Å²) in [6, 6.07) is 0.296. The number of nitrogens with zero attached hydrogens (tertiary/aromatic N) is 1. The lowest BCUT2D eigenvalue weighted by Crippen LogP contribution is -2.43. The molecule has 1 fully saturated rings. The molecular formula is C11H18N4O2. The van der Waals surface area contributed by atoms with Gasteiger partial charge in [-0.25, -0.2) is 4.98 Å². The van der Waals surface area contributed by atoms with Crippen molar-refractivity contribution in [2.75, 3.05) is 12.8 Å². The molecule has 6 heteroatoms. The Kier molecular flexibility index (Phi) is 3.63. The van der Waals surface area contributed by atoms with E-state index < -0.39 is 0 Å². The average molecular weight is 238 g/mol. The molecule has 0 spiro atoms. The predicted molar refractivity (Wildman–Crippen MR) is 65.0 cm³/mol. The monoisotopic (exact) mass is 238 g/mol. The molecule has 0 amide bonds. The van der Waals surface area contributed by atoms with Crippen molar-refractivity contribution in [1.82, 2.24) is 15.3 Å². The van der Waals surface area contributed by atoms with E-state index in [0.29, 0.717) is 6.04 Å². The van der Waals surface area contributed by atoms with E-state index in [9.17, 15) is 4.79 Å². The number of nitrogens with two attached hydrogens (primary N) is 1. The summed E-state index contributed by atoms with van der Waals surface area (Å²) in [4.78, 5) is 17.7. The minimum atomic E-state index is -0.355. The average Bonchev–Trinajstić information content (AvgIpc) is 2.35. The summed E-state index contributed by atoms with van der Waals surface area (Å²) in [5.41, 5.74) is 5.33. The first-order valence-corrected chi connectivity index (χ1v) is 5.89. The maximum Gasteiger partial charge on any atom is 0.277 e. The van der Waals surface area contributed by atoms with Gasteiger partial charge in [0.2, 0.25) is 5.88 Å². The van der Waals surface area contributed by atoms with Crippen molar-refractivity contribution < 1.29 is 4.74 Å². The maximum atomic E-state index is 11.3. The Hall–Kier alpha value is -1.56. The van der Waals surface area contributed by atoms with Crippen LogP contribution in [0.5, 0.6) is 5.88 Å². The number of aromatic nitrogens is 2. The summed E-state index contributed by atoms with van der Waals surface area (Å²) >= 11 is 0. The number of nitrogen functional groups attached to an aromatic ring is 1. The van der Waals surface area contributed by atoms with E-state index in [1.165, 1.54) is 12.7 Å². The molecule has 0 aliphatic heterocycles. The molecule has 0 saturated heterocycles. The van der Waals surface area contributed by atoms with E-state index in [0.717, 1.165) is 19.3 Å². The number of hydrogen-bond acceptors (Lipinski definition) is 5. The molecule has 0 aromatic carbocycles. The highest BCUT2D eigenvalue weighted by molar-refractivity contribution is 5.44. The number of hydrogen-bond donors (Lipinski definition) is 3. The molecule has 6 nitrogen and oxygen atoms in total. The Bertz CT molecular complexity index is 432. The molecular weight excluding hydrogens is 220 g/mol. The Balaban J connectivity index is 2.13. The molecule has 1 aromatic rings. The van der Waals surface area contributed by atoms with Gasteiger partial charge in [0.1, 0.15) is 6.10 Å². The summed E-state index contributed by atoms with van der Waals surface area (Å²) < 4.78 is 5.75. The highest BCUT2D eigenvalue weighted by Gasteiger charge is 2.26. The van der Waals surface area contributed by atoms with Crippen molar-refractivity contribution in [3.8, 4) is 5.88 Å². The molecule has 1 aromatic heterocycles. The molecule has 1 saturated carbocycles. The fraction of sp³-hybridized carbons (Fsp3) is 0.636. The number of aromatic amines is 1. The number of H-pyrrole nitrogens is 1. The number of rotatable bonds is 3. The number of anilines is 1. The summed E-state index contributed by atoms with van der Waals surface area (Å²) in [7, 11) is 1.92. The number of ether oxygens (including phenoxy) is 1. The maximum absolute atomic E-state index is 11.3. The highest BCUT2D eigenvalue weighted by Crippen LogP contribution is 2.24. The lowest BCUT2D eigenvalue weighted by molar-refractivity contribution is 0.113. The van der Waals surface area contributed by atoms with Crippen LogP contribution < -0.4 is 21.3 Å². The zero-order valence-corrected chi connectivity index (χ0v) is 9.90. The largest absolute Gasteiger partial charge is 0.471 e. The first-order chi connectivity index (χ1) is 8.22. The zero-order chi connectivity index (χ0) is 12.3. The van der Waals surface area contributed by atoms with Gasteiger partial charge in [-0.1, -0.05) is 6.42 Å². The zero-order valence-electron chi connectivity index (χ0n) is 9.90. The van der Waals surface area contributed by atoms with Gasteiger partial charge in [0.25, 0.3) is 5.56 Å². The number of likely N-dealkylation sites (N-methyl/N-ethyl adjacent to an activating group) is 1. The molecule has 1 aliphatic carbocycles. The molecule has 4 N–H and O–H groups in total. The third-order valence-electron chi connectivity index (χ3n) is 3.19. The molecule has 2 rings (SSSR count). The topological polar surface area (TPSA) is 93.0 Å². The van der Waals surface area contributed by atoms with Crippen molar-refractivity contribution in [3.05, 3.63) is 16.7 Å².